The second-order valence-electron chi connectivity index (χ2n) is 4.30. The molecule has 0 atom stereocenters. The fourth-order valence-corrected chi connectivity index (χ4v) is 2.07. The number of carboxylic acid groups (broad SMARTS) is 4. The van der Waals surface area contributed by atoms with E-state index in [-0.39, 0.29) is 80.9 Å². The zero-order valence-corrected chi connectivity index (χ0v) is 16.4. The summed E-state index contributed by atoms with van der Waals surface area (Å²) in [5.74, 6) is -7.12. The Balaban J connectivity index is 0.00000264. The molecule has 112 valence electrons. The van der Waals surface area contributed by atoms with E-state index < -0.39 is 51.5 Å². The molecule has 0 bridgehead atoms. The minimum Gasteiger partial charge on any atom is -0.545 e. The fraction of sp³-hybridized carbons (Fsp3) is 0. The monoisotopic (exact) mass is 380 g/mol. The van der Waals surface area contributed by atoms with Gasteiger partial charge in [0.05, 0.1) is 23.9 Å². The van der Waals surface area contributed by atoms with E-state index in [1.807, 2.05) is 0 Å². The Morgan fingerprint density at radius 2 is 0.917 bits per heavy atom. The number of carbonyl (C=O) groups excluding carboxylic acids is 4. The Labute approximate surface area is 194 Å². The van der Waals surface area contributed by atoms with Gasteiger partial charge < -0.3 is 39.6 Å². The second-order valence-corrected chi connectivity index (χ2v) is 4.30. The third-order valence-electron chi connectivity index (χ3n) is 2.96. The third-order valence-corrected chi connectivity index (χ3v) is 2.96. The van der Waals surface area contributed by atoms with Crippen LogP contribution in [0.3, 0.4) is 0 Å². The molecule has 0 aliphatic heterocycles. The van der Waals surface area contributed by atoms with Crippen LogP contribution in [0.15, 0.2) is 24.3 Å². The van der Waals surface area contributed by atoms with Gasteiger partial charge in [-0.25, -0.2) is 0 Å². The van der Waals surface area contributed by atoms with Gasteiger partial charge in [-0.05, 0) is 46.2 Å². The second kappa shape index (κ2) is 8.98. The fourth-order valence-electron chi connectivity index (χ4n) is 2.07. The first-order valence-electron chi connectivity index (χ1n) is 5.69. The average Bonchev–Trinajstić information content (AvgIpc) is 2.43. The van der Waals surface area contributed by atoms with E-state index in [4.69, 9.17) is 0 Å². The molecule has 0 saturated heterocycles. The Kier molecular flexibility index (Phi) is 8.64. The molecule has 0 aliphatic rings. The van der Waals surface area contributed by atoms with Crippen LogP contribution in [0.2, 0.25) is 0 Å². The summed E-state index contributed by atoms with van der Waals surface area (Å²) in [5, 5.41) is 43.3. The molecule has 0 fully saturated rings. The molecule has 0 aromatic heterocycles. The number of carbonyl (C=O) groups is 4. The van der Waals surface area contributed by atoms with Crippen LogP contribution in [0.1, 0.15) is 41.4 Å². The van der Waals surface area contributed by atoms with Gasteiger partial charge in [0.2, 0.25) is 0 Å². The van der Waals surface area contributed by atoms with Crippen molar-refractivity contribution in [2.75, 3.05) is 0 Å². The number of hydrogen-bond donors (Lipinski definition) is 0. The van der Waals surface area contributed by atoms with Crippen molar-refractivity contribution in [3.8, 4) is 0 Å². The molecule has 0 aliphatic carbocycles. The Hall–Kier alpha value is -0.901. The Morgan fingerprint density at radius 1 is 0.583 bits per heavy atom. The first-order valence-corrected chi connectivity index (χ1v) is 5.69. The minimum absolute atomic E-state index is 0. The predicted octanol–water partition coefficient (Wildman–Crippen LogP) is -4.47. The van der Waals surface area contributed by atoms with E-state index in [1.54, 1.807) is 0 Å². The van der Waals surface area contributed by atoms with Crippen molar-refractivity contribution >= 4 is 110 Å². The van der Waals surface area contributed by atoms with E-state index in [0.29, 0.717) is 12.1 Å². The van der Waals surface area contributed by atoms with E-state index in [9.17, 15) is 39.6 Å². The molecule has 0 amide bonds. The van der Waals surface area contributed by atoms with Gasteiger partial charge in [-0.1, -0.05) is 0 Å². The summed E-state index contributed by atoms with van der Waals surface area (Å²) in [6.07, 6.45) is 0. The number of rotatable bonds is 4. The molecule has 0 unspecified atom stereocenters. The van der Waals surface area contributed by atoms with E-state index >= 15 is 0 Å². The van der Waals surface area contributed by atoms with Crippen LogP contribution >= 0.6 is 0 Å². The molecular weight excluding hydrogens is 376 g/mol. The minimum atomic E-state index is -1.84. The van der Waals surface area contributed by atoms with Crippen LogP contribution in [-0.4, -0.2) is 99.4 Å². The van der Waals surface area contributed by atoms with Gasteiger partial charge in [0, 0.05) is 11.1 Å². The predicted molar refractivity (Wildman–Crippen MR) is 72.8 cm³/mol. The van der Waals surface area contributed by atoms with Gasteiger partial charge in [0.1, 0.15) is 0 Å². The van der Waals surface area contributed by atoms with Crippen LogP contribution in [0.5, 0.6) is 0 Å². The summed E-state index contributed by atoms with van der Waals surface area (Å²) < 4.78 is 0. The molecule has 2 aromatic rings. The van der Waals surface area contributed by atoms with E-state index in [1.165, 1.54) is 0 Å². The number of benzene rings is 2. The van der Waals surface area contributed by atoms with Crippen LogP contribution < -0.4 is 20.4 Å². The first-order chi connectivity index (χ1) is 10.2. The first kappa shape index (κ1) is 23.1. The van der Waals surface area contributed by atoms with Crippen LogP contribution in [0.25, 0.3) is 10.8 Å². The molecule has 2 aromatic carbocycles. The standard InChI is InChI=1S/C14H8O8.2Ca/c15-11(16)6-1-5-2-7(12(17)18)4-9(14(21)22)10(5)8(3-6)13(19)20;;/h1-4H,(H,15,16)(H,17,18)(H,19,20)(H,21,22);;/q;2*+2/p-4. The third kappa shape index (κ3) is 4.59. The molecule has 0 heterocycles. The summed E-state index contributed by atoms with van der Waals surface area (Å²) in [6.45, 7) is 0. The van der Waals surface area contributed by atoms with Crippen molar-refractivity contribution in [2.45, 2.75) is 0 Å². The summed E-state index contributed by atoms with van der Waals surface area (Å²) >= 11 is 0. The van der Waals surface area contributed by atoms with E-state index in [2.05, 4.69) is 0 Å². The maximum absolute atomic E-state index is 11.1. The van der Waals surface area contributed by atoms with Crippen molar-refractivity contribution < 1.29 is 39.6 Å². The molecule has 10 heteroatoms. The SMILES string of the molecule is O=C([O-])c1cc(C(=O)[O-])c2c(C(=O)[O-])cc(C(=O)[O-])cc2c1.[Ca+2].[Ca+2]. The molecule has 8 nitrogen and oxygen atoms in total. The summed E-state index contributed by atoms with van der Waals surface area (Å²) in [7, 11) is 0. The van der Waals surface area contributed by atoms with Gasteiger partial charge in [0.15, 0.2) is 0 Å². The quantitative estimate of drug-likeness (QED) is 0.480. The normalized spacial score (nSPS) is 9.50. The van der Waals surface area contributed by atoms with Crippen LogP contribution in [0, 0.1) is 0 Å². The van der Waals surface area contributed by atoms with Gasteiger partial charge in [0.25, 0.3) is 0 Å². The summed E-state index contributed by atoms with van der Waals surface area (Å²) in [6, 6.07) is 3.10. The smallest absolute Gasteiger partial charge is 0.545 e. The van der Waals surface area contributed by atoms with Crippen molar-refractivity contribution in [1.29, 1.82) is 0 Å². The topological polar surface area (TPSA) is 161 Å². The van der Waals surface area contributed by atoms with Gasteiger partial charge in [-0.3, -0.25) is 0 Å². The zero-order valence-electron chi connectivity index (χ0n) is 12.0. The molecule has 0 saturated carbocycles. The molecule has 24 heavy (non-hydrogen) atoms. The van der Waals surface area contributed by atoms with E-state index in [0.717, 1.165) is 12.1 Å². The maximum Gasteiger partial charge on any atom is 2.00 e. The molecular formula is C14H4Ca2O8. The molecule has 0 radical (unpaired) electrons. The zero-order chi connectivity index (χ0) is 16.6. The van der Waals surface area contributed by atoms with Crippen LogP contribution in [0.4, 0.5) is 0 Å². The van der Waals surface area contributed by atoms with Gasteiger partial charge >= 0.3 is 75.5 Å². The molecule has 0 spiro atoms. The molecule has 2 rings (SSSR count). The largest absolute Gasteiger partial charge is 2.00 e. The van der Waals surface area contributed by atoms with Crippen molar-refractivity contribution in [3.63, 3.8) is 0 Å². The summed E-state index contributed by atoms with van der Waals surface area (Å²) in [5.41, 5.74) is -2.63. The summed E-state index contributed by atoms with van der Waals surface area (Å²) in [4.78, 5) is 44.0. The van der Waals surface area contributed by atoms with Gasteiger partial charge in [-0.15, -0.1) is 0 Å². The van der Waals surface area contributed by atoms with Crippen LogP contribution in [-0.2, 0) is 0 Å². The number of aromatic carboxylic acids is 4. The average molecular weight is 380 g/mol. The number of carboxylic acids is 4. The number of fused-ring (bicyclic) bond motifs is 1. The van der Waals surface area contributed by atoms with Gasteiger partial charge in [-0.2, -0.15) is 0 Å². The van der Waals surface area contributed by atoms with Crippen molar-refractivity contribution in [2.24, 2.45) is 0 Å². The Bertz CT molecular complexity index is 793. The Morgan fingerprint density at radius 3 is 1.17 bits per heavy atom. The molecule has 0 N–H and O–H groups in total. The maximum atomic E-state index is 11.1. The van der Waals surface area contributed by atoms with Crippen molar-refractivity contribution in [1.82, 2.24) is 0 Å². The number of hydrogen-bond acceptors (Lipinski definition) is 8. The van der Waals surface area contributed by atoms with Crippen molar-refractivity contribution in [3.05, 3.63) is 46.5 Å².